The molecule has 6 nitrogen and oxygen atoms in total. The summed E-state index contributed by atoms with van der Waals surface area (Å²) < 4.78 is 0. The summed E-state index contributed by atoms with van der Waals surface area (Å²) in [4.78, 5) is 19.3. The van der Waals surface area contributed by atoms with Crippen LogP contribution >= 0.6 is 0 Å². The van der Waals surface area contributed by atoms with Gasteiger partial charge in [-0.15, -0.1) is 0 Å². The number of carbonyl (C=O) groups is 2. The third-order valence-electron chi connectivity index (χ3n) is 0.999. The van der Waals surface area contributed by atoms with Crippen molar-refractivity contribution in [2.45, 2.75) is 38.9 Å². The third kappa shape index (κ3) is 13.8. The fraction of sp³-hybridized carbons (Fsp3) is 0.750. The molecule has 0 atom stereocenters. The van der Waals surface area contributed by atoms with Gasteiger partial charge in [-0.05, 0) is 27.7 Å². The third-order valence-corrected chi connectivity index (χ3v) is 0.999. The van der Waals surface area contributed by atoms with Gasteiger partial charge in [0.25, 0.3) is 0 Å². The van der Waals surface area contributed by atoms with E-state index in [9.17, 15) is 19.8 Å². The second-order valence-corrected chi connectivity index (χ2v) is 3.69. The molecule has 88 valence electrons. The van der Waals surface area contributed by atoms with E-state index in [0.717, 1.165) is 27.7 Å². The van der Waals surface area contributed by atoms with Gasteiger partial charge in [0, 0.05) is 0 Å². The number of carboxylic acids is 2. The van der Waals surface area contributed by atoms with Crippen molar-refractivity contribution in [3.05, 3.63) is 0 Å². The first-order valence-electron chi connectivity index (χ1n) is 3.76. The van der Waals surface area contributed by atoms with Gasteiger partial charge in [0.2, 0.25) is 0 Å². The van der Waals surface area contributed by atoms with Crippen LogP contribution in [0.2, 0.25) is 0 Å². The summed E-state index contributed by atoms with van der Waals surface area (Å²) in [5.74, 6) is -2.90. The summed E-state index contributed by atoms with van der Waals surface area (Å²) in [6.07, 6.45) is 0. The van der Waals surface area contributed by atoms with Gasteiger partial charge in [-0.3, -0.25) is 0 Å². The first-order chi connectivity index (χ1) is 5.89. The monoisotopic (exact) mass is 416 g/mol. The van der Waals surface area contributed by atoms with Gasteiger partial charge in [-0.1, -0.05) is 0 Å². The minimum absolute atomic E-state index is 0. The Morgan fingerprint density at radius 1 is 0.867 bits per heavy atom. The molecule has 0 aromatic heterocycles. The molecule has 0 bridgehead atoms. The van der Waals surface area contributed by atoms with Gasteiger partial charge in [-0.25, -0.2) is 0 Å². The average Bonchev–Trinajstić information content (AvgIpc) is 1.83. The number of hydrogen-bond donors (Lipinski definition) is 2. The van der Waals surface area contributed by atoms with E-state index in [1.54, 1.807) is 0 Å². The minimum atomic E-state index is -1.69. The van der Waals surface area contributed by atoms with E-state index in [-0.39, 0.29) is 27.3 Å². The summed E-state index contributed by atoms with van der Waals surface area (Å²) >= 11 is 0. The summed E-state index contributed by atoms with van der Waals surface area (Å²) in [6.45, 7) is 4.62. The zero-order valence-corrected chi connectivity index (χ0v) is 14.7. The molecule has 0 aromatic rings. The molecule has 0 aliphatic heterocycles. The summed E-state index contributed by atoms with van der Waals surface area (Å²) in [7, 11) is 0. The van der Waals surface area contributed by atoms with Crippen molar-refractivity contribution in [1.29, 1.82) is 0 Å². The quantitative estimate of drug-likeness (QED) is 0.445. The molecule has 0 radical (unpaired) electrons. The van der Waals surface area contributed by atoms with E-state index >= 15 is 0 Å². The molecule has 0 aliphatic carbocycles. The van der Waals surface area contributed by atoms with E-state index < -0.39 is 23.1 Å². The Labute approximate surface area is 108 Å². The van der Waals surface area contributed by atoms with Crippen LogP contribution in [0, 0.1) is 0 Å². The molecule has 0 rings (SSSR count). The maximum atomic E-state index is 9.66. The van der Waals surface area contributed by atoms with E-state index in [1.807, 2.05) is 0 Å². The SMILES string of the molecule is CC(C)(O)C(=O)[O-].CC(C)(O)C(=O)[O-].[PbH2+2]. The molecule has 0 amide bonds. The van der Waals surface area contributed by atoms with Crippen LogP contribution in [0.4, 0.5) is 0 Å². The van der Waals surface area contributed by atoms with Gasteiger partial charge >= 0.3 is 27.3 Å². The molecular weight excluding hydrogens is 399 g/mol. The predicted molar refractivity (Wildman–Crippen MR) is 51.2 cm³/mol. The van der Waals surface area contributed by atoms with Crippen molar-refractivity contribution in [1.82, 2.24) is 0 Å². The molecule has 0 saturated heterocycles. The molecule has 0 fully saturated rings. The Kier molecular flexibility index (Phi) is 9.60. The van der Waals surface area contributed by atoms with Gasteiger partial charge in [0.05, 0.1) is 23.1 Å². The van der Waals surface area contributed by atoms with Crippen LogP contribution in [-0.2, 0) is 9.59 Å². The van der Waals surface area contributed by atoms with E-state index in [4.69, 9.17) is 10.2 Å². The van der Waals surface area contributed by atoms with Crippen LogP contribution in [0.3, 0.4) is 0 Å². The number of aliphatic carboxylic acids is 2. The van der Waals surface area contributed by atoms with Crippen LogP contribution in [0.25, 0.3) is 0 Å². The van der Waals surface area contributed by atoms with Crippen LogP contribution in [0.1, 0.15) is 27.7 Å². The first kappa shape index (κ1) is 20.2. The summed E-state index contributed by atoms with van der Waals surface area (Å²) in [5, 5.41) is 36.2. The predicted octanol–water partition coefficient (Wildman–Crippen LogP) is -3.90. The maximum absolute atomic E-state index is 9.66. The van der Waals surface area contributed by atoms with Crippen LogP contribution in [-0.4, -0.2) is 60.7 Å². The van der Waals surface area contributed by atoms with E-state index in [0.29, 0.717) is 0 Å². The Hall–Kier alpha value is -0.218. The molecule has 0 aromatic carbocycles. The fourth-order valence-electron chi connectivity index (χ4n) is 0. The Morgan fingerprint density at radius 2 is 0.933 bits per heavy atom. The number of hydrogen-bond acceptors (Lipinski definition) is 6. The Bertz CT molecular complexity index is 188. The average molecular weight is 415 g/mol. The molecule has 7 heteroatoms. The topological polar surface area (TPSA) is 121 Å². The molecule has 2 N–H and O–H groups in total. The molecule has 0 heterocycles. The van der Waals surface area contributed by atoms with Gasteiger partial charge < -0.3 is 30.0 Å². The standard InChI is InChI=1S/2C4H8O3.Pb.2H/c2*1-4(2,7)3(5)6;;;/h2*7H,1-2H3,(H,5,6);;;/q;;+2;;/p-2. The van der Waals surface area contributed by atoms with Crippen LogP contribution in [0.15, 0.2) is 0 Å². The van der Waals surface area contributed by atoms with Gasteiger partial charge in [0.15, 0.2) is 0 Å². The number of aliphatic hydroxyl groups is 2. The number of carbonyl (C=O) groups excluding carboxylic acids is 2. The normalized spacial score (nSPS) is 10.5. The summed E-state index contributed by atoms with van der Waals surface area (Å²) in [6, 6.07) is 0. The van der Waals surface area contributed by atoms with E-state index in [1.165, 1.54) is 0 Å². The Morgan fingerprint density at radius 3 is 0.933 bits per heavy atom. The zero-order chi connectivity index (χ0) is 12.2. The van der Waals surface area contributed by atoms with Crippen molar-refractivity contribution in [3.63, 3.8) is 0 Å². The fourth-order valence-corrected chi connectivity index (χ4v) is 0. The van der Waals surface area contributed by atoms with Gasteiger partial charge in [-0.2, -0.15) is 0 Å². The number of rotatable bonds is 2. The Balaban J connectivity index is -0.000000180. The van der Waals surface area contributed by atoms with Crippen molar-refractivity contribution in [2.75, 3.05) is 0 Å². The van der Waals surface area contributed by atoms with Gasteiger partial charge in [0.1, 0.15) is 0 Å². The van der Waals surface area contributed by atoms with Crippen LogP contribution in [0.5, 0.6) is 0 Å². The second kappa shape index (κ2) is 7.12. The molecule has 0 spiro atoms. The molecule has 0 saturated carbocycles. The molecule has 0 unspecified atom stereocenters. The van der Waals surface area contributed by atoms with E-state index in [2.05, 4.69) is 0 Å². The van der Waals surface area contributed by atoms with Crippen molar-refractivity contribution in [2.24, 2.45) is 0 Å². The molecular formula is C8H16O6Pb. The summed E-state index contributed by atoms with van der Waals surface area (Å²) in [5.41, 5.74) is -3.39. The first-order valence-corrected chi connectivity index (χ1v) is 3.76. The van der Waals surface area contributed by atoms with Crippen molar-refractivity contribution < 1.29 is 30.0 Å². The van der Waals surface area contributed by atoms with Crippen molar-refractivity contribution >= 4 is 39.2 Å². The van der Waals surface area contributed by atoms with Crippen LogP contribution < -0.4 is 10.2 Å². The second-order valence-electron chi connectivity index (χ2n) is 3.69. The molecule has 15 heavy (non-hydrogen) atoms. The van der Waals surface area contributed by atoms with Crippen molar-refractivity contribution in [3.8, 4) is 0 Å². The number of carboxylic acid groups (broad SMARTS) is 2. The molecule has 0 aliphatic rings. The zero-order valence-electron chi connectivity index (χ0n) is 9.23.